The number of hydrogen-bond donors (Lipinski definition) is 2. The van der Waals surface area contributed by atoms with E-state index in [2.05, 4.69) is 15.7 Å². The Morgan fingerprint density at radius 1 is 1.28 bits per heavy atom. The molecule has 2 N–H and O–H groups in total. The summed E-state index contributed by atoms with van der Waals surface area (Å²) in [6.07, 6.45) is 5.16. The fraction of sp³-hybridized carbons (Fsp3) is 0.444. The lowest BCUT2D eigenvalue weighted by atomic mass is 9.93. The van der Waals surface area contributed by atoms with Gasteiger partial charge in [0.25, 0.3) is 0 Å². The van der Waals surface area contributed by atoms with Gasteiger partial charge in [0, 0.05) is 35.8 Å². The van der Waals surface area contributed by atoms with Gasteiger partial charge in [-0.25, -0.2) is 13.6 Å². The number of aryl methyl sites for hydroxylation is 1. The van der Waals surface area contributed by atoms with Gasteiger partial charge in [0.2, 0.25) is 0 Å². The lowest BCUT2D eigenvalue weighted by Crippen LogP contribution is -2.40. The predicted molar refractivity (Wildman–Crippen MR) is 88.1 cm³/mol. The molecule has 5 nitrogen and oxygen atoms in total. The van der Waals surface area contributed by atoms with Gasteiger partial charge in [0.15, 0.2) is 0 Å². The van der Waals surface area contributed by atoms with Crippen LogP contribution in [0.3, 0.4) is 0 Å². The fourth-order valence-corrected chi connectivity index (χ4v) is 3.76. The number of hydrogen-bond acceptors (Lipinski definition) is 2. The number of carbonyl (C=O) groups excluding carboxylic acids is 1. The molecule has 2 aliphatic rings. The number of rotatable bonds is 3. The minimum absolute atomic E-state index is 0.0695. The minimum Gasteiger partial charge on any atom is -0.335 e. The van der Waals surface area contributed by atoms with Crippen molar-refractivity contribution in [3.8, 4) is 0 Å². The summed E-state index contributed by atoms with van der Waals surface area (Å²) >= 11 is 0. The number of nitrogens with zero attached hydrogens (tertiary/aromatic N) is 2. The summed E-state index contributed by atoms with van der Waals surface area (Å²) in [6, 6.07) is 3.24. The van der Waals surface area contributed by atoms with Crippen LogP contribution in [-0.2, 0) is 13.5 Å². The summed E-state index contributed by atoms with van der Waals surface area (Å²) < 4.78 is 29.5. The van der Waals surface area contributed by atoms with Gasteiger partial charge in [0.05, 0.1) is 12.2 Å². The van der Waals surface area contributed by atoms with Crippen LogP contribution >= 0.6 is 0 Å². The molecule has 25 heavy (non-hydrogen) atoms. The monoisotopic (exact) mass is 346 g/mol. The summed E-state index contributed by atoms with van der Waals surface area (Å²) in [7, 11) is 1.90. The third kappa shape index (κ3) is 2.99. The molecule has 2 aromatic rings. The van der Waals surface area contributed by atoms with E-state index in [4.69, 9.17) is 0 Å². The highest BCUT2D eigenvalue weighted by Gasteiger charge is 2.43. The van der Waals surface area contributed by atoms with Gasteiger partial charge in [-0.1, -0.05) is 6.07 Å². The van der Waals surface area contributed by atoms with Crippen molar-refractivity contribution in [3.05, 3.63) is 52.9 Å². The van der Waals surface area contributed by atoms with E-state index in [1.165, 1.54) is 18.2 Å². The molecule has 1 heterocycles. The predicted octanol–water partition coefficient (Wildman–Crippen LogP) is 2.93. The molecule has 4 rings (SSSR count). The molecule has 2 amide bonds. The van der Waals surface area contributed by atoms with Crippen LogP contribution in [0.2, 0.25) is 0 Å². The summed E-state index contributed by atoms with van der Waals surface area (Å²) in [5.41, 5.74) is 2.27. The highest BCUT2D eigenvalue weighted by molar-refractivity contribution is 5.75. The summed E-state index contributed by atoms with van der Waals surface area (Å²) in [6.45, 7) is 0. The average molecular weight is 346 g/mol. The number of benzene rings is 1. The molecule has 0 unspecified atom stereocenters. The van der Waals surface area contributed by atoms with Crippen LogP contribution < -0.4 is 10.6 Å². The molecule has 2 aliphatic carbocycles. The minimum atomic E-state index is -0.554. The molecule has 1 aromatic carbocycles. The quantitative estimate of drug-likeness (QED) is 0.898. The highest BCUT2D eigenvalue weighted by Crippen LogP contribution is 2.43. The molecular weight excluding hydrogens is 326 g/mol. The Morgan fingerprint density at radius 2 is 2.04 bits per heavy atom. The van der Waals surface area contributed by atoms with Crippen LogP contribution in [0.15, 0.2) is 24.4 Å². The van der Waals surface area contributed by atoms with Gasteiger partial charge in [0.1, 0.15) is 11.6 Å². The van der Waals surface area contributed by atoms with Crippen molar-refractivity contribution in [2.75, 3.05) is 0 Å². The molecule has 7 heteroatoms. The lowest BCUT2D eigenvalue weighted by molar-refractivity contribution is 0.235. The van der Waals surface area contributed by atoms with Crippen LogP contribution in [0.25, 0.3) is 0 Å². The van der Waals surface area contributed by atoms with Crippen molar-refractivity contribution in [2.24, 2.45) is 7.05 Å². The zero-order valence-corrected chi connectivity index (χ0v) is 13.9. The first-order valence-electron chi connectivity index (χ1n) is 8.56. The second-order valence-electron chi connectivity index (χ2n) is 6.82. The lowest BCUT2D eigenvalue weighted by Gasteiger charge is -2.24. The maximum absolute atomic E-state index is 13.8. The van der Waals surface area contributed by atoms with Crippen LogP contribution in [0.5, 0.6) is 0 Å². The van der Waals surface area contributed by atoms with E-state index in [0.717, 1.165) is 30.5 Å². The zero-order valence-electron chi connectivity index (χ0n) is 13.9. The van der Waals surface area contributed by atoms with Gasteiger partial charge in [-0.3, -0.25) is 4.68 Å². The maximum Gasteiger partial charge on any atom is 0.315 e. The number of nitrogens with one attached hydrogen (secondary N) is 2. The SMILES string of the molecule is Cn1ncc2c1CCC[C@@H]2NC(=O)N[C@H]1C[C@@H]1c1c(F)cccc1F. The number of halogens is 2. The number of carbonyl (C=O) groups is 1. The molecule has 0 radical (unpaired) electrons. The third-order valence-corrected chi connectivity index (χ3v) is 5.16. The van der Waals surface area contributed by atoms with Crippen molar-refractivity contribution in [1.82, 2.24) is 20.4 Å². The van der Waals surface area contributed by atoms with E-state index >= 15 is 0 Å². The zero-order chi connectivity index (χ0) is 17.6. The molecule has 0 bridgehead atoms. The average Bonchev–Trinajstić information content (AvgIpc) is 3.19. The molecule has 0 aliphatic heterocycles. The third-order valence-electron chi connectivity index (χ3n) is 5.16. The van der Waals surface area contributed by atoms with E-state index in [0.29, 0.717) is 6.42 Å². The molecule has 1 aromatic heterocycles. The van der Waals surface area contributed by atoms with Crippen molar-refractivity contribution in [2.45, 2.75) is 43.7 Å². The molecule has 1 fully saturated rings. The second-order valence-corrected chi connectivity index (χ2v) is 6.82. The van der Waals surface area contributed by atoms with E-state index in [9.17, 15) is 13.6 Å². The van der Waals surface area contributed by atoms with Crippen molar-refractivity contribution in [1.29, 1.82) is 0 Å². The van der Waals surface area contributed by atoms with Gasteiger partial charge in [-0.15, -0.1) is 0 Å². The van der Waals surface area contributed by atoms with Gasteiger partial charge in [-0.05, 0) is 37.8 Å². The molecule has 1 saturated carbocycles. The largest absolute Gasteiger partial charge is 0.335 e. The standard InChI is InChI=1S/C18H20F2N4O/c1-24-16-7-3-6-14(11(16)9-21-24)22-18(25)23-15-8-10(15)17-12(19)4-2-5-13(17)20/h2,4-5,9-10,14-15H,3,6-8H2,1H3,(H2,22,23,25)/t10-,14-,15-/m0/s1. The van der Waals surface area contributed by atoms with Crippen LogP contribution in [0.1, 0.15) is 48.0 Å². The van der Waals surface area contributed by atoms with E-state index in [-0.39, 0.29) is 29.6 Å². The Bertz CT molecular complexity index is 799. The first kappa shape index (κ1) is 16.1. The number of urea groups is 1. The maximum atomic E-state index is 13.8. The van der Waals surface area contributed by atoms with Crippen molar-refractivity contribution >= 4 is 6.03 Å². The van der Waals surface area contributed by atoms with E-state index in [1.807, 2.05) is 11.7 Å². The van der Waals surface area contributed by atoms with Crippen molar-refractivity contribution < 1.29 is 13.6 Å². The van der Waals surface area contributed by atoms with Gasteiger partial charge < -0.3 is 10.6 Å². The topological polar surface area (TPSA) is 59.0 Å². The molecular formula is C18H20F2N4O. The Kier molecular flexibility index (Phi) is 3.94. The summed E-state index contributed by atoms with van der Waals surface area (Å²) in [4.78, 5) is 12.3. The second kappa shape index (κ2) is 6.13. The molecule has 132 valence electrons. The molecule has 0 saturated heterocycles. The number of aromatic nitrogens is 2. The van der Waals surface area contributed by atoms with Crippen LogP contribution in [0, 0.1) is 11.6 Å². The van der Waals surface area contributed by atoms with E-state index < -0.39 is 11.6 Å². The molecule has 3 atom stereocenters. The number of fused-ring (bicyclic) bond motifs is 1. The van der Waals surface area contributed by atoms with Gasteiger partial charge in [-0.2, -0.15) is 5.10 Å². The highest BCUT2D eigenvalue weighted by atomic mass is 19.1. The normalized spacial score (nSPS) is 24.5. The van der Waals surface area contributed by atoms with E-state index in [1.54, 1.807) is 6.20 Å². The Morgan fingerprint density at radius 3 is 2.80 bits per heavy atom. The summed E-state index contributed by atoms with van der Waals surface area (Å²) in [5.74, 6) is -1.41. The van der Waals surface area contributed by atoms with Gasteiger partial charge >= 0.3 is 6.03 Å². The summed E-state index contributed by atoms with van der Waals surface area (Å²) in [5, 5.41) is 10.1. The Balaban J connectivity index is 1.38. The Hall–Kier alpha value is -2.44. The van der Waals surface area contributed by atoms with Crippen molar-refractivity contribution in [3.63, 3.8) is 0 Å². The smallest absolute Gasteiger partial charge is 0.315 e. The fourth-order valence-electron chi connectivity index (χ4n) is 3.76. The molecule has 0 spiro atoms. The van der Waals surface area contributed by atoms with Crippen LogP contribution in [-0.4, -0.2) is 21.9 Å². The van der Waals surface area contributed by atoms with Crippen LogP contribution in [0.4, 0.5) is 13.6 Å². The Labute approximate surface area is 144 Å². The first-order valence-corrected chi connectivity index (χ1v) is 8.56. The first-order chi connectivity index (χ1) is 12.0. The number of amides is 2.